The van der Waals surface area contributed by atoms with Crippen molar-refractivity contribution < 1.29 is 19.4 Å². The van der Waals surface area contributed by atoms with Crippen molar-refractivity contribution in [2.75, 3.05) is 6.54 Å². The van der Waals surface area contributed by atoms with Crippen LogP contribution in [-0.2, 0) is 24.4 Å². The number of imidazole rings is 1. The van der Waals surface area contributed by atoms with Crippen molar-refractivity contribution in [1.29, 1.82) is 0 Å². The van der Waals surface area contributed by atoms with E-state index in [4.69, 9.17) is 38.0 Å². The Labute approximate surface area is 274 Å². The number of hydrogen-bond donors (Lipinski definition) is 2. The first-order valence-electron chi connectivity index (χ1n) is 15.1. The van der Waals surface area contributed by atoms with E-state index in [1.165, 1.54) is 0 Å². The molecule has 0 bridgehead atoms. The number of ether oxygens (including phenoxy) is 1. The van der Waals surface area contributed by atoms with Gasteiger partial charge < -0.3 is 19.7 Å². The van der Waals surface area contributed by atoms with Crippen molar-refractivity contribution in [1.82, 2.24) is 14.9 Å². The molecule has 0 aliphatic heterocycles. The van der Waals surface area contributed by atoms with Gasteiger partial charge in [0.2, 0.25) is 0 Å². The van der Waals surface area contributed by atoms with E-state index in [2.05, 4.69) is 28.6 Å². The third-order valence-electron chi connectivity index (χ3n) is 7.23. The summed E-state index contributed by atoms with van der Waals surface area (Å²) in [6.07, 6.45) is 6.21. The molecule has 7 nitrogen and oxygen atoms in total. The summed E-state index contributed by atoms with van der Waals surface area (Å²) in [4.78, 5) is 28.7. The molecule has 4 aromatic rings. The van der Waals surface area contributed by atoms with Crippen LogP contribution in [0.3, 0.4) is 0 Å². The quantitative estimate of drug-likeness (QED) is 0.135. The summed E-state index contributed by atoms with van der Waals surface area (Å²) >= 11 is 12.7. The lowest BCUT2D eigenvalue weighted by Crippen LogP contribution is -2.29. The van der Waals surface area contributed by atoms with Gasteiger partial charge in [0.05, 0.1) is 16.3 Å². The summed E-state index contributed by atoms with van der Waals surface area (Å²) in [5.74, 6) is 5.75. The second-order valence-corrected chi connectivity index (χ2v) is 11.6. The van der Waals surface area contributed by atoms with E-state index in [0.29, 0.717) is 41.8 Å². The molecule has 0 aliphatic rings. The Balaban J connectivity index is 1.56. The van der Waals surface area contributed by atoms with Crippen LogP contribution in [0.5, 0.6) is 5.75 Å². The fourth-order valence-electron chi connectivity index (χ4n) is 4.79. The third kappa shape index (κ3) is 9.87. The van der Waals surface area contributed by atoms with Crippen molar-refractivity contribution in [3.05, 3.63) is 105 Å². The SMILES string of the molecule is CCCC#CC(=O)NC[C@@H](Cc1ccc(OCc2ccc(C(=O)O)cc2)cc1)c1nc(-c2ccc(Cl)cc2Cl)cn1CCCC. The van der Waals surface area contributed by atoms with Crippen molar-refractivity contribution in [2.24, 2.45) is 0 Å². The fourth-order valence-corrected chi connectivity index (χ4v) is 5.29. The number of unbranched alkanes of at least 4 members (excludes halogenated alkanes) is 2. The van der Waals surface area contributed by atoms with E-state index in [9.17, 15) is 9.59 Å². The van der Waals surface area contributed by atoms with E-state index in [0.717, 1.165) is 54.0 Å². The molecule has 0 spiro atoms. The van der Waals surface area contributed by atoms with Gasteiger partial charge in [0.25, 0.3) is 5.91 Å². The van der Waals surface area contributed by atoms with Gasteiger partial charge in [-0.2, -0.15) is 0 Å². The molecule has 3 aromatic carbocycles. The van der Waals surface area contributed by atoms with Crippen LogP contribution < -0.4 is 10.1 Å². The van der Waals surface area contributed by atoms with Crippen molar-refractivity contribution in [3.63, 3.8) is 0 Å². The van der Waals surface area contributed by atoms with Crippen LogP contribution >= 0.6 is 23.2 Å². The van der Waals surface area contributed by atoms with Gasteiger partial charge in [0, 0.05) is 42.2 Å². The van der Waals surface area contributed by atoms with Gasteiger partial charge in [-0.1, -0.05) is 73.7 Å². The van der Waals surface area contributed by atoms with Crippen LogP contribution in [0, 0.1) is 11.8 Å². The molecule has 0 radical (unpaired) electrons. The molecule has 9 heteroatoms. The number of nitrogens with zero attached hydrogens (tertiary/aromatic N) is 2. The highest BCUT2D eigenvalue weighted by molar-refractivity contribution is 6.36. The first-order chi connectivity index (χ1) is 21.8. The van der Waals surface area contributed by atoms with Crippen molar-refractivity contribution >= 4 is 35.1 Å². The average Bonchev–Trinajstić information content (AvgIpc) is 3.45. The van der Waals surface area contributed by atoms with E-state index in [1.54, 1.807) is 36.4 Å². The largest absolute Gasteiger partial charge is 0.489 e. The topological polar surface area (TPSA) is 93.4 Å². The number of rotatable bonds is 14. The molecule has 1 heterocycles. The molecule has 1 aromatic heterocycles. The Hall–Kier alpha value is -4.25. The van der Waals surface area contributed by atoms with E-state index in [-0.39, 0.29) is 17.4 Å². The first kappa shape index (κ1) is 33.6. The Morgan fingerprint density at radius 1 is 1.00 bits per heavy atom. The standard InChI is InChI=1S/C36H37Cl2N3O4/c1-3-5-7-8-34(42)39-22-28(35-40-33(23-41(35)19-6-4-2)31-18-15-29(37)21-32(31)38)20-25-11-16-30(17-12-25)45-24-26-9-13-27(14-10-26)36(43)44/h9-18,21,23,28H,3-6,19-20,22,24H2,1-2H3,(H,39,42)(H,43,44)/t28-/m1/s1. The predicted octanol–water partition coefficient (Wildman–Crippen LogP) is 8.18. The van der Waals surface area contributed by atoms with Crippen LogP contribution in [0.25, 0.3) is 11.3 Å². The number of carbonyl (C=O) groups is 2. The minimum atomic E-state index is -0.960. The highest BCUT2D eigenvalue weighted by Crippen LogP contribution is 2.32. The number of aromatic nitrogens is 2. The number of aromatic carboxylic acids is 1. The molecule has 0 unspecified atom stereocenters. The Morgan fingerprint density at radius 2 is 1.73 bits per heavy atom. The van der Waals surface area contributed by atoms with Crippen LogP contribution in [-0.4, -0.2) is 33.1 Å². The molecule has 234 valence electrons. The summed E-state index contributed by atoms with van der Waals surface area (Å²) in [5.41, 5.74) is 3.71. The zero-order valence-corrected chi connectivity index (χ0v) is 27.0. The Kier molecular flexibility index (Phi) is 12.5. The number of halogens is 2. The summed E-state index contributed by atoms with van der Waals surface area (Å²) in [6.45, 7) is 5.64. The molecular formula is C36H37Cl2N3O4. The summed E-state index contributed by atoms with van der Waals surface area (Å²) in [6, 6.07) is 19.9. The number of carboxylic acids is 1. The van der Waals surface area contributed by atoms with Crippen LogP contribution in [0.2, 0.25) is 10.0 Å². The van der Waals surface area contributed by atoms with E-state index >= 15 is 0 Å². The lowest BCUT2D eigenvalue weighted by molar-refractivity contribution is -0.115. The maximum Gasteiger partial charge on any atom is 0.335 e. The zero-order chi connectivity index (χ0) is 32.2. The van der Waals surface area contributed by atoms with Crippen LogP contribution in [0.4, 0.5) is 0 Å². The summed E-state index contributed by atoms with van der Waals surface area (Å²) in [7, 11) is 0. The number of carboxylic acid groups (broad SMARTS) is 1. The number of aryl methyl sites for hydroxylation is 1. The van der Waals surface area contributed by atoms with Gasteiger partial charge in [0.15, 0.2) is 0 Å². The van der Waals surface area contributed by atoms with Crippen molar-refractivity contribution in [3.8, 4) is 28.8 Å². The van der Waals surface area contributed by atoms with Crippen LogP contribution in [0.1, 0.15) is 72.8 Å². The highest BCUT2D eigenvalue weighted by atomic mass is 35.5. The van der Waals surface area contributed by atoms with E-state index in [1.807, 2.05) is 43.5 Å². The molecule has 45 heavy (non-hydrogen) atoms. The number of hydrogen-bond acceptors (Lipinski definition) is 4. The normalized spacial score (nSPS) is 11.4. The highest BCUT2D eigenvalue weighted by Gasteiger charge is 2.22. The monoisotopic (exact) mass is 645 g/mol. The third-order valence-corrected chi connectivity index (χ3v) is 7.78. The smallest absolute Gasteiger partial charge is 0.335 e. The van der Waals surface area contributed by atoms with Gasteiger partial charge >= 0.3 is 5.97 Å². The first-order valence-corrected chi connectivity index (χ1v) is 15.9. The minimum absolute atomic E-state index is 0.141. The predicted molar refractivity (Wildman–Crippen MR) is 179 cm³/mol. The molecule has 0 saturated heterocycles. The second-order valence-electron chi connectivity index (χ2n) is 10.8. The number of nitrogens with one attached hydrogen (secondary N) is 1. The van der Waals surface area contributed by atoms with Crippen molar-refractivity contribution in [2.45, 2.75) is 65.0 Å². The van der Waals surface area contributed by atoms with E-state index < -0.39 is 5.97 Å². The molecule has 4 rings (SSSR count). The maximum atomic E-state index is 12.6. The number of amides is 1. The summed E-state index contributed by atoms with van der Waals surface area (Å²) in [5, 5.41) is 13.2. The Morgan fingerprint density at radius 3 is 2.40 bits per heavy atom. The summed E-state index contributed by atoms with van der Waals surface area (Å²) < 4.78 is 8.10. The Bertz CT molecular complexity index is 1650. The minimum Gasteiger partial charge on any atom is -0.489 e. The average molecular weight is 647 g/mol. The van der Waals surface area contributed by atoms with Gasteiger partial charge in [0.1, 0.15) is 18.2 Å². The molecule has 1 atom stereocenters. The van der Waals surface area contributed by atoms with Gasteiger partial charge in [-0.15, -0.1) is 0 Å². The molecule has 1 amide bonds. The molecule has 0 fully saturated rings. The van der Waals surface area contributed by atoms with Gasteiger partial charge in [-0.25, -0.2) is 9.78 Å². The molecule has 0 aliphatic carbocycles. The molecule has 2 N–H and O–H groups in total. The number of benzene rings is 3. The van der Waals surface area contributed by atoms with Crippen LogP contribution in [0.15, 0.2) is 72.9 Å². The molecule has 0 saturated carbocycles. The maximum absolute atomic E-state index is 12.6. The second kappa shape index (κ2) is 16.7. The fraction of sp³-hybridized carbons (Fsp3) is 0.306. The van der Waals surface area contributed by atoms with Gasteiger partial charge in [-0.05, 0) is 78.8 Å². The lowest BCUT2D eigenvalue weighted by atomic mass is 9.98. The zero-order valence-electron chi connectivity index (χ0n) is 25.5. The van der Waals surface area contributed by atoms with Gasteiger partial charge in [-0.3, -0.25) is 4.79 Å². The molecular weight excluding hydrogens is 609 g/mol. The number of carbonyl (C=O) groups excluding carboxylic acids is 1. The lowest BCUT2D eigenvalue weighted by Gasteiger charge is -2.19.